The van der Waals surface area contributed by atoms with Crippen molar-refractivity contribution in [3.05, 3.63) is 17.6 Å². The lowest BCUT2D eigenvalue weighted by molar-refractivity contribution is 0.536. The summed E-state index contributed by atoms with van der Waals surface area (Å²) in [6, 6.07) is 2.12. The van der Waals surface area contributed by atoms with Crippen LogP contribution < -0.4 is 5.32 Å². The summed E-state index contributed by atoms with van der Waals surface area (Å²) in [7, 11) is 1.92. The number of hydrogen-bond acceptors (Lipinski definition) is 3. The third-order valence-electron chi connectivity index (χ3n) is 3.45. The second-order valence-corrected chi connectivity index (χ2v) is 5.98. The van der Waals surface area contributed by atoms with Gasteiger partial charge in [0.25, 0.3) is 0 Å². The molecule has 94 valence electrons. The largest absolute Gasteiger partial charge is 0.373 e. The van der Waals surface area contributed by atoms with Crippen molar-refractivity contribution >= 4 is 5.82 Å². The van der Waals surface area contributed by atoms with Crippen LogP contribution in [0.15, 0.2) is 6.07 Å². The fourth-order valence-electron chi connectivity index (χ4n) is 2.36. The van der Waals surface area contributed by atoms with Crippen LogP contribution in [0.25, 0.3) is 0 Å². The molecule has 2 rings (SSSR count). The Morgan fingerprint density at radius 1 is 1.18 bits per heavy atom. The van der Waals surface area contributed by atoms with Gasteiger partial charge in [-0.1, -0.05) is 33.6 Å². The van der Waals surface area contributed by atoms with Crippen molar-refractivity contribution in [2.24, 2.45) is 0 Å². The number of anilines is 1. The van der Waals surface area contributed by atoms with Crippen LogP contribution in [-0.4, -0.2) is 17.0 Å². The highest BCUT2D eigenvalue weighted by Crippen LogP contribution is 2.34. The fraction of sp³-hybridized carbons (Fsp3) is 0.714. The summed E-state index contributed by atoms with van der Waals surface area (Å²) < 4.78 is 0. The standard InChI is InChI=1S/C14H23N3/c1-14(2,3)13-16-11(9-12(15-4)17-13)10-7-5-6-8-10/h9-10H,5-8H2,1-4H3,(H,15,16,17). The van der Waals surface area contributed by atoms with Crippen LogP contribution in [0.2, 0.25) is 0 Å². The molecule has 0 radical (unpaired) electrons. The Bertz CT molecular complexity index is 387. The van der Waals surface area contributed by atoms with Gasteiger partial charge in [0.2, 0.25) is 0 Å². The van der Waals surface area contributed by atoms with Gasteiger partial charge in [0.15, 0.2) is 0 Å². The maximum Gasteiger partial charge on any atom is 0.136 e. The summed E-state index contributed by atoms with van der Waals surface area (Å²) in [4.78, 5) is 9.36. The number of rotatable bonds is 2. The van der Waals surface area contributed by atoms with Crippen LogP contribution in [0.3, 0.4) is 0 Å². The molecule has 1 N–H and O–H groups in total. The third-order valence-corrected chi connectivity index (χ3v) is 3.45. The van der Waals surface area contributed by atoms with Crippen molar-refractivity contribution in [3.8, 4) is 0 Å². The Kier molecular flexibility index (Phi) is 3.36. The molecular weight excluding hydrogens is 210 g/mol. The summed E-state index contributed by atoms with van der Waals surface area (Å²) in [6.07, 6.45) is 5.25. The zero-order chi connectivity index (χ0) is 12.5. The summed E-state index contributed by atoms with van der Waals surface area (Å²) in [5, 5.41) is 3.15. The van der Waals surface area contributed by atoms with Crippen molar-refractivity contribution in [2.45, 2.75) is 57.8 Å². The van der Waals surface area contributed by atoms with Crippen molar-refractivity contribution in [2.75, 3.05) is 12.4 Å². The minimum atomic E-state index is 0.0141. The lowest BCUT2D eigenvalue weighted by Gasteiger charge is -2.20. The molecule has 1 aromatic heterocycles. The predicted octanol–water partition coefficient (Wildman–Crippen LogP) is 3.47. The van der Waals surface area contributed by atoms with E-state index in [2.05, 4.69) is 37.1 Å². The number of nitrogens with zero attached hydrogens (tertiary/aromatic N) is 2. The lowest BCUT2D eigenvalue weighted by Crippen LogP contribution is -2.18. The molecule has 1 aliphatic carbocycles. The molecule has 0 atom stereocenters. The molecule has 1 aromatic rings. The zero-order valence-corrected chi connectivity index (χ0v) is 11.4. The Morgan fingerprint density at radius 2 is 1.82 bits per heavy atom. The molecule has 3 nitrogen and oxygen atoms in total. The summed E-state index contributed by atoms with van der Waals surface area (Å²) in [6.45, 7) is 6.50. The maximum atomic E-state index is 4.78. The predicted molar refractivity (Wildman–Crippen MR) is 71.5 cm³/mol. The van der Waals surface area contributed by atoms with E-state index in [0.717, 1.165) is 11.6 Å². The molecule has 0 saturated heterocycles. The molecule has 0 spiro atoms. The third kappa shape index (κ3) is 2.76. The van der Waals surface area contributed by atoms with Crippen molar-refractivity contribution < 1.29 is 0 Å². The van der Waals surface area contributed by atoms with E-state index in [4.69, 9.17) is 4.98 Å². The topological polar surface area (TPSA) is 37.8 Å². The van der Waals surface area contributed by atoms with Gasteiger partial charge in [-0.3, -0.25) is 0 Å². The molecule has 3 heteroatoms. The van der Waals surface area contributed by atoms with Crippen LogP contribution in [0.5, 0.6) is 0 Å². The molecule has 1 saturated carbocycles. The molecule has 0 aromatic carbocycles. The molecule has 0 bridgehead atoms. The molecule has 0 amide bonds. The van der Waals surface area contributed by atoms with Gasteiger partial charge in [0.05, 0.1) is 0 Å². The number of hydrogen-bond donors (Lipinski definition) is 1. The highest BCUT2D eigenvalue weighted by molar-refractivity contribution is 5.37. The van der Waals surface area contributed by atoms with Crippen LogP contribution in [0.4, 0.5) is 5.82 Å². The lowest BCUT2D eigenvalue weighted by atomic mass is 9.94. The normalized spacial score (nSPS) is 17.4. The molecular formula is C14H23N3. The minimum Gasteiger partial charge on any atom is -0.373 e. The van der Waals surface area contributed by atoms with E-state index < -0.39 is 0 Å². The molecule has 17 heavy (non-hydrogen) atoms. The van der Waals surface area contributed by atoms with Gasteiger partial charge in [-0.2, -0.15) is 0 Å². The van der Waals surface area contributed by atoms with Crippen LogP contribution in [0, 0.1) is 0 Å². The highest BCUT2D eigenvalue weighted by Gasteiger charge is 2.23. The van der Waals surface area contributed by atoms with Gasteiger partial charge in [-0.15, -0.1) is 0 Å². The van der Waals surface area contributed by atoms with E-state index >= 15 is 0 Å². The molecule has 0 aliphatic heterocycles. The SMILES string of the molecule is CNc1cc(C2CCCC2)nc(C(C)(C)C)n1. The van der Waals surface area contributed by atoms with Gasteiger partial charge in [0.1, 0.15) is 11.6 Å². The van der Waals surface area contributed by atoms with E-state index in [9.17, 15) is 0 Å². The van der Waals surface area contributed by atoms with Gasteiger partial charge < -0.3 is 5.32 Å². The van der Waals surface area contributed by atoms with E-state index in [1.165, 1.54) is 31.4 Å². The first-order valence-electron chi connectivity index (χ1n) is 6.58. The van der Waals surface area contributed by atoms with Gasteiger partial charge in [0, 0.05) is 30.1 Å². The molecule has 1 aliphatic rings. The van der Waals surface area contributed by atoms with Crippen molar-refractivity contribution in [1.82, 2.24) is 9.97 Å². The average molecular weight is 233 g/mol. The smallest absolute Gasteiger partial charge is 0.136 e. The van der Waals surface area contributed by atoms with Gasteiger partial charge in [-0.05, 0) is 12.8 Å². The van der Waals surface area contributed by atoms with Gasteiger partial charge >= 0.3 is 0 Å². The highest BCUT2D eigenvalue weighted by atomic mass is 15.0. The zero-order valence-electron chi connectivity index (χ0n) is 11.4. The van der Waals surface area contributed by atoms with Crippen molar-refractivity contribution in [3.63, 3.8) is 0 Å². The quantitative estimate of drug-likeness (QED) is 0.850. The van der Waals surface area contributed by atoms with E-state index in [0.29, 0.717) is 5.92 Å². The van der Waals surface area contributed by atoms with Crippen LogP contribution in [0.1, 0.15) is 63.9 Å². The minimum absolute atomic E-state index is 0.0141. The Morgan fingerprint density at radius 3 is 2.35 bits per heavy atom. The Labute approximate surface area is 104 Å². The molecule has 1 fully saturated rings. The number of nitrogens with one attached hydrogen (secondary N) is 1. The molecule has 1 heterocycles. The Hall–Kier alpha value is -1.12. The van der Waals surface area contributed by atoms with Crippen LogP contribution in [-0.2, 0) is 5.41 Å². The van der Waals surface area contributed by atoms with E-state index in [1.807, 2.05) is 7.05 Å². The van der Waals surface area contributed by atoms with Crippen molar-refractivity contribution in [1.29, 1.82) is 0 Å². The first-order chi connectivity index (χ1) is 8.00. The van der Waals surface area contributed by atoms with E-state index in [-0.39, 0.29) is 5.41 Å². The summed E-state index contributed by atoms with van der Waals surface area (Å²) in [5.74, 6) is 2.55. The summed E-state index contributed by atoms with van der Waals surface area (Å²) in [5.41, 5.74) is 1.24. The first-order valence-corrected chi connectivity index (χ1v) is 6.58. The molecule has 0 unspecified atom stereocenters. The van der Waals surface area contributed by atoms with Gasteiger partial charge in [-0.25, -0.2) is 9.97 Å². The Balaban J connectivity index is 2.38. The fourth-order valence-corrected chi connectivity index (χ4v) is 2.36. The summed E-state index contributed by atoms with van der Waals surface area (Å²) >= 11 is 0. The second-order valence-electron chi connectivity index (χ2n) is 5.98. The second kappa shape index (κ2) is 4.63. The van der Waals surface area contributed by atoms with E-state index in [1.54, 1.807) is 0 Å². The number of aromatic nitrogens is 2. The monoisotopic (exact) mass is 233 g/mol. The van der Waals surface area contributed by atoms with Crippen LogP contribution >= 0.6 is 0 Å². The average Bonchev–Trinajstić information content (AvgIpc) is 2.80. The maximum absolute atomic E-state index is 4.78. The first kappa shape index (κ1) is 12.3.